The molecule has 0 spiro atoms. The van der Waals surface area contributed by atoms with Gasteiger partial charge in [0.15, 0.2) is 0 Å². The van der Waals surface area contributed by atoms with Gasteiger partial charge in [0.2, 0.25) is 5.76 Å². The zero-order valence-corrected chi connectivity index (χ0v) is 9.13. The van der Waals surface area contributed by atoms with Gasteiger partial charge in [-0.05, 0) is 22.0 Å². The third kappa shape index (κ3) is 1.71. The fourth-order valence-corrected chi connectivity index (χ4v) is 2.32. The Morgan fingerprint density at radius 2 is 2.36 bits per heavy atom. The second kappa shape index (κ2) is 3.55. The third-order valence-electron chi connectivity index (χ3n) is 1.54. The first-order valence-electron chi connectivity index (χ1n) is 3.61. The first kappa shape index (κ1) is 9.42. The maximum absolute atomic E-state index is 10.5. The average Bonchev–Trinajstić information content (AvgIpc) is 2.70. The summed E-state index contributed by atoms with van der Waals surface area (Å²) >= 11 is 4.77. The van der Waals surface area contributed by atoms with Crippen molar-refractivity contribution in [2.45, 2.75) is 0 Å². The minimum atomic E-state index is -1.11. The molecule has 0 aliphatic heterocycles. The van der Waals surface area contributed by atoms with E-state index < -0.39 is 5.97 Å². The van der Waals surface area contributed by atoms with Crippen LogP contribution in [0.1, 0.15) is 10.6 Å². The van der Waals surface area contributed by atoms with Gasteiger partial charge < -0.3 is 9.63 Å². The molecule has 0 aliphatic carbocycles. The summed E-state index contributed by atoms with van der Waals surface area (Å²) in [5.74, 6) is -1.26. The second-order valence-electron chi connectivity index (χ2n) is 2.51. The van der Waals surface area contributed by atoms with Crippen molar-refractivity contribution in [1.29, 1.82) is 0 Å². The standard InChI is InChI=1S/C8H4BrNO3S/c9-4-1-7(14-3-4)5-2-6(8(11)12)13-10-5/h1-3H,(H,11,12). The summed E-state index contributed by atoms with van der Waals surface area (Å²) < 4.78 is 5.57. The van der Waals surface area contributed by atoms with E-state index in [0.29, 0.717) is 5.69 Å². The zero-order chi connectivity index (χ0) is 10.1. The summed E-state index contributed by atoms with van der Waals surface area (Å²) in [7, 11) is 0. The topological polar surface area (TPSA) is 63.3 Å². The van der Waals surface area contributed by atoms with Gasteiger partial charge >= 0.3 is 5.97 Å². The summed E-state index contributed by atoms with van der Waals surface area (Å²) in [6, 6.07) is 3.26. The number of nitrogens with zero attached hydrogens (tertiary/aromatic N) is 1. The van der Waals surface area contributed by atoms with Gasteiger partial charge in [0.05, 0.1) is 4.88 Å². The number of carbonyl (C=O) groups is 1. The van der Waals surface area contributed by atoms with Crippen LogP contribution in [-0.2, 0) is 0 Å². The highest BCUT2D eigenvalue weighted by atomic mass is 79.9. The molecule has 0 fully saturated rings. The van der Waals surface area contributed by atoms with Crippen LogP contribution in [0.4, 0.5) is 0 Å². The highest BCUT2D eigenvalue weighted by Crippen LogP contribution is 2.29. The first-order chi connectivity index (χ1) is 6.66. The molecule has 14 heavy (non-hydrogen) atoms. The van der Waals surface area contributed by atoms with Gasteiger partial charge in [0.1, 0.15) is 5.69 Å². The van der Waals surface area contributed by atoms with Crippen LogP contribution in [0, 0.1) is 0 Å². The lowest BCUT2D eigenvalue weighted by Gasteiger charge is -1.82. The van der Waals surface area contributed by atoms with Crippen LogP contribution in [0.2, 0.25) is 0 Å². The van der Waals surface area contributed by atoms with Crippen LogP contribution in [0.3, 0.4) is 0 Å². The number of carboxylic acid groups (broad SMARTS) is 1. The molecule has 2 aromatic rings. The van der Waals surface area contributed by atoms with E-state index in [9.17, 15) is 4.79 Å². The molecule has 0 atom stereocenters. The molecule has 6 heteroatoms. The molecule has 2 aromatic heterocycles. The monoisotopic (exact) mass is 273 g/mol. The molecule has 72 valence electrons. The predicted octanol–water partition coefficient (Wildman–Crippen LogP) is 2.86. The van der Waals surface area contributed by atoms with Crippen molar-refractivity contribution in [3.63, 3.8) is 0 Å². The van der Waals surface area contributed by atoms with Crippen molar-refractivity contribution in [1.82, 2.24) is 5.16 Å². The quantitative estimate of drug-likeness (QED) is 0.914. The molecule has 0 saturated carbocycles. The van der Waals surface area contributed by atoms with E-state index in [1.54, 1.807) is 0 Å². The third-order valence-corrected chi connectivity index (χ3v) is 3.25. The van der Waals surface area contributed by atoms with E-state index >= 15 is 0 Å². The second-order valence-corrected chi connectivity index (χ2v) is 4.34. The summed E-state index contributed by atoms with van der Waals surface area (Å²) in [4.78, 5) is 11.4. The smallest absolute Gasteiger partial charge is 0.374 e. The Labute approximate surface area is 91.3 Å². The molecule has 1 N–H and O–H groups in total. The summed E-state index contributed by atoms with van der Waals surface area (Å²) in [6.07, 6.45) is 0. The number of hydrogen-bond donors (Lipinski definition) is 1. The number of aromatic carboxylic acids is 1. The Balaban J connectivity index is 2.38. The van der Waals surface area contributed by atoms with Crippen LogP contribution in [0.5, 0.6) is 0 Å². The molecule has 2 heterocycles. The Morgan fingerprint density at radius 3 is 2.86 bits per heavy atom. The van der Waals surface area contributed by atoms with E-state index in [4.69, 9.17) is 5.11 Å². The van der Waals surface area contributed by atoms with Crippen LogP contribution in [0.15, 0.2) is 26.5 Å². The highest BCUT2D eigenvalue weighted by Gasteiger charge is 2.13. The maximum Gasteiger partial charge on any atom is 0.374 e. The van der Waals surface area contributed by atoms with Crippen LogP contribution >= 0.6 is 27.3 Å². The van der Waals surface area contributed by atoms with E-state index in [0.717, 1.165) is 9.35 Å². The highest BCUT2D eigenvalue weighted by molar-refractivity contribution is 9.10. The van der Waals surface area contributed by atoms with Gasteiger partial charge in [-0.3, -0.25) is 0 Å². The lowest BCUT2D eigenvalue weighted by atomic mass is 10.3. The Morgan fingerprint density at radius 1 is 1.57 bits per heavy atom. The summed E-state index contributed by atoms with van der Waals surface area (Å²) in [5, 5.41) is 14.2. The molecular weight excluding hydrogens is 270 g/mol. The molecule has 0 aliphatic rings. The largest absolute Gasteiger partial charge is 0.475 e. The number of aromatic nitrogens is 1. The van der Waals surface area contributed by atoms with E-state index in [1.165, 1.54) is 17.4 Å². The zero-order valence-electron chi connectivity index (χ0n) is 6.73. The molecule has 4 nitrogen and oxygen atoms in total. The lowest BCUT2D eigenvalue weighted by molar-refractivity contribution is 0.0652. The van der Waals surface area contributed by atoms with Gasteiger partial charge in [0.25, 0.3) is 0 Å². The average molecular weight is 274 g/mol. The molecule has 0 amide bonds. The van der Waals surface area contributed by atoms with Gasteiger partial charge in [-0.15, -0.1) is 11.3 Å². The SMILES string of the molecule is O=C(O)c1cc(-c2cc(Br)cs2)no1. The molecule has 0 aromatic carbocycles. The van der Waals surface area contributed by atoms with Gasteiger partial charge in [-0.25, -0.2) is 4.79 Å². The van der Waals surface area contributed by atoms with E-state index in [-0.39, 0.29) is 5.76 Å². The molecule has 0 bridgehead atoms. The summed E-state index contributed by atoms with van der Waals surface area (Å²) in [5.41, 5.74) is 0.540. The van der Waals surface area contributed by atoms with Gasteiger partial charge in [-0.1, -0.05) is 5.16 Å². The van der Waals surface area contributed by atoms with Gasteiger partial charge in [0, 0.05) is 15.9 Å². The van der Waals surface area contributed by atoms with E-state index in [2.05, 4.69) is 25.6 Å². The molecule has 0 radical (unpaired) electrons. The fourth-order valence-electron chi connectivity index (χ4n) is 0.939. The van der Waals surface area contributed by atoms with Gasteiger partial charge in [-0.2, -0.15) is 0 Å². The number of halogens is 1. The lowest BCUT2D eigenvalue weighted by Crippen LogP contribution is -1.91. The molecular formula is C8H4BrNO3S. The van der Waals surface area contributed by atoms with Crippen molar-refractivity contribution in [3.05, 3.63) is 27.7 Å². The number of hydrogen-bond acceptors (Lipinski definition) is 4. The maximum atomic E-state index is 10.5. The minimum Gasteiger partial charge on any atom is -0.475 e. The van der Waals surface area contributed by atoms with E-state index in [1.807, 2.05) is 11.4 Å². The number of thiophene rings is 1. The van der Waals surface area contributed by atoms with Crippen molar-refractivity contribution < 1.29 is 14.4 Å². The van der Waals surface area contributed by atoms with Crippen molar-refractivity contribution in [3.8, 4) is 10.6 Å². The molecule has 2 rings (SSSR count). The van der Waals surface area contributed by atoms with Crippen molar-refractivity contribution in [2.24, 2.45) is 0 Å². The number of carboxylic acids is 1. The van der Waals surface area contributed by atoms with Crippen LogP contribution in [-0.4, -0.2) is 16.2 Å². The predicted molar refractivity (Wildman–Crippen MR) is 54.5 cm³/mol. The summed E-state index contributed by atoms with van der Waals surface area (Å²) in [6.45, 7) is 0. The molecule has 0 saturated heterocycles. The van der Waals surface area contributed by atoms with Crippen molar-refractivity contribution in [2.75, 3.05) is 0 Å². The minimum absolute atomic E-state index is 0.149. The Hall–Kier alpha value is -1.14. The number of rotatable bonds is 2. The normalized spacial score (nSPS) is 10.4. The molecule has 0 unspecified atom stereocenters. The Kier molecular flexibility index (Phi) is 2.39. The van der Waals surface area contributed by atoms with Crippen LogP contribution in [0.25, 0.3) is 10.6 Å². The Bertz CT molecular complexity index is 476. The first-order valence-corrected chi connectivity index (χ1v) is 5.28. The van der Waals surface area contributed by atoms with Crippen LogP contribution < -0.4 is 0 Å². The fraction of sp³-hybridized carbons (Fsp3) is 0. The van der Waals surface area contributed by atoms with Crippen molar-refractivity contribution >= 4 is 33.2 Å².